The van der Waals surface area contributed by atoms with Crippen LogP contribution in [-0.4, -0.2) is 49.9 Å². The third kappa shape index (κ3) is 5.22. The minimum Gasteiger partial charge on any atom is -0.320 e. The molecule has 36 heavy (non-hydrogen) atoms. The molecule has 1 aliphatic heterocycles. The van der Waals surface area contributed by atoms with Gasteiger partial charge in [0, 0.05) is 12.5 Å². The van der Waals surface area contributed by atoms with Crippen LogP contribution >= 0.6 is 23.2 Å². The molecule has 1 atom stereocenters. The zero-order chi connectivity index (χ0) is 26.0. The Morgan fingerprint density at radius 2 is 1.78 bits per heavy atom. The Hall–Kier alpha value is -2.65. The lowest BCUT2D eigenvalue weighted by atomic mass is 10.0. The molecule has 10 heteroatoms. The minimum absolute atomic E-state index is 0.0260. The Labute approximate surface area is 222 Å². The summed E-state index contributed by atoms with van der Waals surface area (Å²) in [6.07, 6.45) is 2.13. The normalized spacial score (nSPS) is 15.6. The molecular formula is C26H28Cl2N4O3S. The molecule has 0 unspecified atom stereocenters. The highest BCUT2D eigenvalue weighted by atomic mass is 35.5. The van der Waals surface area contributed by atoms with E-state index in [0.29, 0.717) is 23.5 Å². The van der Waals surface area contributed by atoms with Gasteiger partial charge in [0.05, 0.1) is 50.3 Å². The number of hydrogen-bond donors (Lipinski definition) is 1. The Bertz CT molecular complexity index is 1370. The van der Waals surface area contributed by atoms with Crippen LogP contribution in [0.4, 0.5) is 11.4 Å². The molecule has 0 radical (unpaired) electrons. The van der Waals surface area contributed by atoms with Gasteiger partial charge in [-0.25, -0.2) is 8.42 Å². The predicted octanol–water partition coefficient (Wildman–Crippen LogP) is 5.41. The largest absolute Gasteiger partial charge is 0.320 e. The fourth-order valence-electron chi connectivity index (χ4n) is 4.52. The number of nitrogens with zero attached hydrogens (tertiary/aromatic N) is 3. The summed E-state index contributed by atoms with van der Waals surface area (Å²) >= 11 is 12.4. The van der Waals surface area contributed by atoms with Crippen molar-refractivity contribution in [3.8, 4) is 0 Å². The number of benzene rings is 2. The van der Waals surface area contributed by atoms with Gasteiger partial charge in [-0.15, -0.1) is 0 Å². The number of anilines is 2. The van der Waals surface area contributed by atoms with E-state index in [-0.39, 0.29) is 33.1 Å². The summed E-state index contributed by atoms with van der Waals surface area (Å²) in [5, 5.41) is 3.20. The van der Waals surface area contributed by atoms with Crippen molar-refractivity contribution < 1.29 is 13.2 Å². The van der Waals surface area contributed by atoms with Crippen LogP contribution in [0.2, 0.25) is 10.0 Å². The smallest absolute Gasteiger partial charge is 0.264 e. The maximum atomic E-state index is 13.8. The molecule has 190 valence electrons. The van der Waals surface area contributed by atoms with Gasteiger partial charge < -0.3 is 5.32 Å². The standard InChI is InChI=1S/C26H28Cl2N4O3S/c1-4-31(5-2)19-14-23-24(32(16-19)36(34,35)20-9-6-8-17(3)12-20)13-18(15-29-23)30-26(33)25-21(27)10-7-11-22(25)28/h6-13,15,19H,4-5,14,16H2,1-3H3,(H,30,33)/t19-/m0/s1. The fourth-order valence-corrected chi connectivity index (χ4v) is 6.72. The van der Waals surface area contributed by atoms with Gasteiger partial charge in [0.25, 0.3) is 15.9 Å². The Morgan fingerprint density at radius 1 is 1.11 bits per heavy atom. The van der Waals surface area contributed by atoms with E-state index in [9.17, 15) is 13.2 Å². The van der Waals surface area contributed by atoms with Crippen molar-refractivity contribution in [2.45, 2.75) is 38.1 Å². The Kier molecular flexibility index (Phi) is 7.90. The first kappa shape index (κ1) is 26.4. The molecule has 0 saturated heterocycles. The molecule has 7 nitrogen and oxygen atoms in total. The van der Waals surface area contributed by atoms with Gasteiger partial charge in [-0.2, -0.15) is 0 Å². The minimum atomic E-state index is -3.88. The lowest BCUT2D eigenvalue weighted by Gasteiger charge is -2.39. The number of nitrogens with one attached hydrogen (secondary N) is 1. The monoisotopic (exact) mass is 546 g/mol. The van der Waals surface area contributed by atoms with E-state index in [1.807, 2.05) is 13.0 Å². The number of aryl methyl sites for hydroxylation is 1. The number of sulfonamides is 1. The van der Waals surface area contributed by atoms with Crippen LogP contribution in [0, 0.1) is 6.92 Å². The van der Waals surface area contributed by atoms with Crippen LogP contribution in [-0.2, 0) is 16.4 Å². The first-order valence-corrected chi connectivity index (χ1v) is 13.9. The zero-order valence-corrected chi connectivity index (χ0v) is 22.7. The topological polar surface area (TPSA) is 82.6 Å². The van der Waals surface area contributed by atoms with Gasteiger partial charge in [-0.1, -0.05) is 55.2 Å². The molecule has 3 aromatic rings. The highest BCUT2D eigenvalue weighted by Crippen LogP contribution is 2.35. The van der Waals surface area contributed by atoms with Crippen molar-refractivity contribution in [3.63, 3.8) is 0 Å². The van der Waals surface area contributed by atoms with E-state index >= 15 is 0 Å². The summed E-state index contributed by atoms with van der Waals surface area (Å²) in [5.74, 6) is -0.503. The van der Waals surface area contributed by atoms with Crippen molar-refractivity contribution in [2.75, 3.05) is 29.3 Å². The molecule has 1 aliphatic rings. The second-order valence-electron chi connectivity index (χ2n) is 8.67. The highest BCUT2D eigenvalue weighted by molar-refractivity contribution is 7.92. The molecule has 0 saturated carbocycles. The molecular weight excluding hydrogens is 519 g/mol. The lowest BCUT2D eigenvalue weighted by molar-refractivity contribution is 0.102. The molecule has 0 bridgehead atoms. The van der Waals surface area contributed by atoms with Gasteiger partial charge in [0.1, 0.15) is 0 Å². The van der Waals surface area contributed by atoms with E-state index < -0.39 is 15.9 Å². The van der Waals surface area contributed by atoms with Crippen LogP contribution < -0.4 is 9.62 Å². The summed E-state index contributed by atoms with van der Waals surface area (Å²) < 4.78 is 29.1. The van der Waals surface area contributed by atoms with Crippen molar-refractivity contribution in [1.29, 1.82) is 0 Å². The molecule has 0 spiro atoms. The van der Waals surface area contributed by atoms with Crippen molar-refractivity contribution in [2.24, 2.45) is 0 Å². The Morgan fingerprint density at radius 3 is 2.42 bits per heavy atom. The van der Waals surface area contributed by atoms with Crippen molar-refractivity contribution in [1.82, 2.24) is 9.88 Å². The third-order valence-electron chi connectivity index (χ3n) is 6.38. The van der Waals surface area contributed by atoms with Crippen LogP contribution in [0.15, 0.2) is 59.6 Å². The molecule has 2 aromatic carbocycles. The first-order valence-electron chi connectivity index (χ1n) is 11.7. The summed E-state index contributed by atoms with van der Waals surface area (Å²) in [4.78, 5) is 20.0. The molecule has 0 fully saturated rings. The second-order valence-corrected chi connectivity index (χ2v) is 11.3. The summed E-state index contributed by atoms with van der Waals surface area (Å²) in [6, 6.07) is 13.3. The number of rotatable bonds is 7. The maximum absolute atomic E-state index is 13.8. The summed E-state index contributed by atoms with van der Waals surface area (Å²) in [7, 11) is -3.88. The van der Waals surface area contributed by atoms with Crippen LogP contribution in [0.1, 0.15) is 35.5 Å². The summed E-state index contributed by atoms with van der Waals surface area (Å²) in [5.41, 5.74) is 2.44. The molecule has 1 aromatic heterocycles. The van der Waals surface area contributed by atoms with Crippen LogP contribution in [0.5, 0.6) is 0 Å². The van der Waals surface area contributed by atoms with Gasteiger partial charge >= 0.3 is 0 Å². The lowest BCUT2D eigenvalue weighted by Crippen LogP contribution is -2.50. The zero-order valence-electron chi connectivity index (χ0n) is 20.3. The third-order valence-corrected chi connectivity index (χ3v) is 8.78. The van der Waals surface area contributed by atoms with E-state index in [0.717, 1.165) is 18.7 Å². The van der Waals surface area contributed by atoms with Gasteiger partial charge in [-0.05, 0) is 55.9 Å². The number of pyridine rings is 1. The number of fused-ring (bicyclic) bond motifs is 1. The number of halogens is 2. The van der Waals surface area contributed by atoms with Crippen molar-refractivity contribution in [3.05, 3.63) is 81.6 Å². The van der Waals surface area contributed by atoms with Gasteiger partial charge in [0.15, 0.2) is 0 Å². The van der Waals surface area contributed by atoms with E-state index in [1.165, 1.54) is 10.5 Å². The summed E-state index contributed by atoms with van der Waals surface area (Å²) in [6.45, 7) is 7.84. The Balaban J connectivity index is 1.76. The number of amides is 1. The molecule has 4 rings (SSSR count). The second kappa shape index (κ2) is 10.8. The molecule has 0 aliphatic carbocycles. The number of carbonyl (C=O) groups is 1. The average Bonchev–Trinajstić information content (AvgIpc) is 2.84. The fraction of sp³-hybridized carbons (Fsp3) is 0.308. The van der Waals surface area contributed by atoms with E-state index in [4.69, 9.17) is 23.2 Å². The SMILES string of the molecule is CCN(CC)[C@H]1Cc2ncc(NC(=O)c3c(Cl)cccc3Cl)cc2N(S(=O)(=O)c2cccc(C)c2)C1. The maximum Gasteiger partial charge on any atom is 0.264 e. The number of carbonyl (C=O) groups excluding carboxylic acids is 1. The van der Waals surface area contributed by atoms with Gasteiger partial charge in [0.2, 0.25) is 0 Å². The number of likely N-dealkylation sites (N-methyl/N-ethyl adjacent to an activating group) is 1. The van der Waals surface area contributed by atoms with E-state index in [1.54, 1.807) is 42.5 Å². The van der Waals surface area contributed by atoms with Crippen molar-refractivity contribution >= 4 is 50.5 Å². The first-order chi connectivity index (χ1) is 17.1. The molecule has 1 N–H and O–H groups in total. The van der Waals surface area contributed by atoms with Crippen LogP contribution in [0.3, 0.4) is 0 Å². The van der Waals surface area contributed by atoms with E-state index in [2.05, 4.69) is 29.0 Å². The van der Waals surface area contributed by atoms with Crippen LogP contribution in [0.25, 0.3) is 0 Å². The number of hydrogen-bond acceptors (Lipinski definition) is 5. The number of aromatic nitrogens is 1. The average molecular weight is 548 g/mol. The van der Waals surface area contributed by atoms with Gasteiger partial charge in [-0.3, -0.25) is 19.0 Å². The molecule has 1 amide bonds. The molecule has 2 heterocycles. The predicted molar refractivity (Wildman–Crippen MR) is 145 cm³/mol. The highest BCUT2D eigenvalue weighted by Gasteiger charge is 2.36. The quantitative estimate of drug-likeness (QED) is 0.428.